The maximum atomic E-state index is 13.0. The highest BCUT2D eigenvalue weighted by molar-refractivity contribution is 7.99. The van der Waals surface area contributed by atoms with Crippen molar-refractivity contribution in [1.29, 1.82) is 0 Å². The molecule has 0 saturated carbocycles. The Kier molecular flexibility index (Phi) is 13.0. The summed E-state index contributed by atoms with van der Waals surface area (Å²) in [6.45, 7) is -1.36. The van der Waals surface area contributed by atoms with Crippen molar-refractivity contribution in [2.45, 2.75) is 48.9 Å². The molecular formula is C14H18F14O4S2. The van der Waals surface area contributed by atoms with Gasteiger partial charge < -0.3 is 10.2 Å². The minimum Gasteiger partial charge on any atom is -0.396 e. The van der Waals surface area contributed by atoms with E-state index in [9.17, 15) is 69.9 Å². The van der Waals surface area contributed by atoms with Crippen LogP contribution in [0.5, 0.6) is 0 Å². The summed E-state index contributed by atoms with van der Waals surface area (Å²) in [4.78, 5) is 0. The van der Waals surface area contributed by atoms with Crippen molar-refractivity contribution in [3.05, 3.63) is 0 Å². The van der Waals surface area contributed by atoms with Crippen molar-refractivity contribution >= 4 is 21.6 Å². The quantitative estimate of drug-likeness (QED) is 0.293. The molecule has 20 heteroatoms. The number of hydrogen-bond donors (Lipinski definition) is 2. The second kappa shape index (κ2) is 12.5. The lowest BCUT2D eigenvalue weighted by molar-refractivity contribution is -0.342. The van der Waals surface area contributed by atoms with Crippen LogP contribution in [0.25, 0.3) is 0 Å². The van der Waals surface area contributed by atoms with E-state index in [1.165, 1.54) is 0 Å². The van der Waals surface area contributed by atoms with E-state index in [1.54, 1.807) is 0 Å². The molecule has 0 spiro atoms. The lowest BCUT2D eigenvalue weighted by Gasteiger charge is -2.29. The fourth-order valence-corrected chi connectivity index (χ4v) is 3.64. The van der Waals surface area contributed by atoms with Crippen molar-refractivity contribution in [1.82, 2.24) is 0 Å². The van der Waals surface area contributed by atoms with Crippen LogP contribution >= 0.6 is 11.8 Å². The van der Waals surface area contributed by atoms with E-state index in [0.717, 1.165) is 0 Å². The Labute approximate surface area is 187 Å². The smallest absolute Gasteiger partial charge is 0.396 e. The van der Waals surface area contributed by atoms with E-state index in [0.29, 0.717) is 11.8 Å². The molecule has 0 amide bonds. The number of aliphatic hydroxyl groups is 2. The lowest BCUT2D eigenvalue weighted by atomic mass is 10.0. The highest BCUT2D eigenvalue weighted by Crippen LogP contribution is 2.49. The van der Waals surface area contributed by atoms with E-state index in [-0.39, 0.29) is 12.4 Å². The van der Waals surface area contributed by atoms with Gasteiger partial charge in [-0.15, -0.1) is 0 Å². The molecule has 0 aliphatic heterocycles. The summed E-state index contributed by atoms with van der Waals surface area (Å²) in [6.07, 6.45) is -28.5. The third-order valence-corrected chi connectivity index (χ3v) is 6.38. The molecule has 0 aliphatic carbocycles. The monoisotopic (exact) mass is 580 g/mol. The van der Waals surface area contributed by atoms with E-state index < -0.39 is 82.6 Å². The van der Waals surface area contributed by atoms with Gasteiger partial charge in [0, 0.05) is 18.6 Å². The summed E-state index contributed by atoms with van der Waals surface area (Å²) < 4.78 is 192. The molecule has 208 valence electrons. The summed E-state index contributed by atoms with van der Waals surface area (Å²) in [6, 6.07) is 0. The molecule has 0 heterocycles. The third kappa shape index (κ3) is 10.1. The Balaban J connectivity index is 0. The van der Waals surface area contributed by atoms with Crippen LogP contribution in [-0.4, -0.2) is 90.9 Å². The fraction of sp³-hybridized carbons (Fsp3) is 1.00. The molecule has 0 aromatic heterocycles. The Morgan fingerprint density at radius 2 is 0.882 bits per heavy atom. The van der Waals surface area contributed by atoms with Crippen molar-refractivity contribution < 1.29 is 80.1 Å². The summed E-state index contributed by atoms with van der Waals surface area (Å²) >= 11 is 0.622. The van der Waals surface area contributed by atoms with Gasteiger partial charge in [0.15, 0.2) is 9.84 Å². The summed E-state index contributed by atoms with van der Waals surface area (Å²) in [5.41, 5.74) is -10.8. The second-order valence-electron chi connectivity index (χ2n) is 6.30. The molecule has 0 fully saturated rings. The highest BCUT2D eigenvalue weighted by atomic mass is 32.2. The molecule has 0 aromatic carbocycles. The second-order valence-corrected chi connectivity index (χ2v) is 9.83. The fourth-order valence-electron chi connectivity index (χ4n) is 1.81. The standard InChI is InChI=1S/C7H9F7O3S.C7H9F7OS/c8-5(6(9,10)11,7(12,13)14)1-3-18(16,17)4-2-15;8-5(6(9,10)11,7(12,13)14)1-3-16-4-2-15/h15H,1-4H2;15H,1-4H2. The normalized spacial score (nSPS) is 14.6. The first-order chi connectivity index (χ1) is 14.8. The van der Waals surface area contributed by atoms with E-state index in [1.807, 2.05) is 0 Å². The largest absolute Gasteiger partial charge is 0.431 e. The zero-order valence-electron chi connectivity index (χ0n) is 16.5. The van der Waals surface area contributed by atoms with Crippen molar-refractivity contribution in [2.24, 2.45) is 0 Å². The Hall–Kier alpha value is -0.760. The number of aliphatic hydroxyl groups excluding tert-OH is 2. The summed E-state index contributed by atoms with van der Waals surface area (Å²) in [5, 5.41) is 16.5. The molecule has 4 nitrogen and oxygen atoms in total. The number of halogens is 14. The molecule has 0 bridgehead atoms. The van der Waals surface area contributed by atoms with E-state index in [4.69, 9.17) is 10.2 Å². The Morgan fingerprint density at radius 3 is 1.18 bits per heavy atom. The molecule has 0 aromatic rings. The van der Waals surface area contributed by atoms with Gasteiger partial charge in [-0.2, -0.15) is 64.4 Å². The minimum atomic E-state index is -6.26. The van der Waals surface area contributed by atoms with Crippen LogP contribution in [0, 0.1) is 0 Å². The number of rotatable bonds is 10. The first-order valence-electron chi connectivity index (χ1n) is 8.47. The maximum Gasteiger partial charge on any atom is 0.431 e. The Bertz CT molecular complexity index is 669. The van der Waals surface area contributed by atoms with Gasteiger partial charge in [0.1, 0.15) is 0 Å². The molecule has 0 atom stereocenters. The number of thioether (sulfide) groups is 1. The van der Waals surface area contributed by atoms with Crippen LogP contribution in [0.3, 0.4) is 0 Å². The van der Waals surface area contributed by atoms with Crippen LogP contribution in [0.4, 0.5) is 61.5 Å². The molecule has 0 saturated heterocycles. The van der Waals surface area contributed by atoms with Crippen LogP contribution in [0.1, 0.15) is 12.8 Å². The average Bonchev–Trinajstić information content (AvgIpc) is 2.60. The van der Waals surface area contributed by atoms with Gasteiger partial charge in [-0.3, -0.25) is 0 Å². The van der Waals surface area contributed by atoms with Crippen molar-refractivity contribution in [3.8, 4) is 0 Å². The molecule has 0 radical (unpaired) electrons. The highest BCUT2D eigenvalue weighted by Gasteiger charge is 2.72. The lowest BCUT2D eigenvalue weighted by Crippen LogP contribution is -2.54. The van der Waals surface area contributed by atoms with Gasteiger partial charge in [-0.25, -0.2) is 17.2 Å². The molecular weight excluding hydrogens is 562 g/mol. The molecule has 0 rings (SSSR count). The first-order valence-corrected chi connectivity index (χ1v) is 11.4. The molecule has 0 aliphatic rings. The topological polar surface area (TPSA) is 74.6 Å². The van der Waals surface area contributed by atoms with Crippen molar-refractivity contribution in [2.75, 3.05) is 36.2 Å². The maximum absolute atomic E-state index is 13.0. The van der Waals surface area contributed by atoms with Gasteiger partial charge in [0.25, 0.3) is 11.3 Å². The summed E-state index contributed by atoms with van der Waals surface area (Å²) in [7, 11) is -4.38. The predicted molar refractivity (Wildman–Crippen MR) is 91.3 cm³/mol. The van der Waals surface area contributed by atoms with Crippen LogP contribution in [0.15, 0.2) is 0 Å². The van der Waals surface area contributed by atoms with Crippen LogP contribution < -0.4 is 0 Å². The molecule has 34 heavy (non-hydrogen) atoms. The van der Waals surface area contributed by atoms with Gasteiger partial charge >= 0.3 is 24.7 Å². The number of alkyl halides is 14. The van der Waals surface area contributed by atoms with Crippen molar-refractivity contribution in [3.63, 3.8) is 0 Å². The van der Waals surface area contributed by atoms with Gasteiger partial charge in [0.05, 0.1) is 24.7 Å². The molecule has 0 unspecified atom stereocenters. The van der Waals surface area contributed by atoms with Crippen LogP contribution in [0.2, 0.25) is 0 Å². The number of sulfone groups is 1. The zero-order valence-corrected chi connectivity index (χ0v) is 18.1. The van der Waals surface area contributed by atoms with E-state index >= 15 is 0 Å². The third-order valence-electron chi connectivity index (χ3n) is 3.78. The average molecular weight is 580 g/mol. The van der Waals surface area contributed by atoms with Crippen LogP contribution in [-0.2, 0) is 9.84 Å². The minimum absolute atomic E-state index is 0.0359. The SMILES string of the molecule is O=S(=O)(CCO)CCC(F)(C(F)(F)F)C(F)(F)F.OCCSCCC(F)(C(F)(F)F)C(F)(F)F. The summed E-state index contributed by atoms with van der Waals surface area (Å²) in [5.74, 6) is -3.40. The number of hydrogen-bond acceptors (Lipinski definition) is 5. The van der Waals surface area contributed by atoms with Gasteiger partial charge in [0.2, 0.25) is 0 Å². The van der Waals surface area contributed by atoms with Gasteiger partial charge in [-0.1, -0.05) is 0 Å². The predicted octanol–water partition coefficient (Wildman–Crippen LogP) is 4.55. The molecule has 2 N–H and O–H groups in total. The first kappa shape index (κ1) is 35.4. The van der Waals surface area contributed by atoms with Gasteiger partial charge in [-0.05, 0) is 5.75 Å². The zero-order chi connectivity index (χ0) is 27.9. The Morgan fingerprint density at radius 1 is 0.529 bits per heavy atom. The van der Waals surface area contributed by atoms with E-state index in [2.05, 4.69) is 0 Å².